The minimum Gasteiger partial charge on any atom is -0.278 e. The molecule has 0 radical (unpaired) electrons. The molecular weight excluding hydrogens is 289 g/mol. The predicted octanol–water partition coefficient (Wildman–Crippen LogP) is 2.60. The van der Waals surface area contributed by atoms with Crippen LogP contribution in [0.5, 0.6) is 0 Å². The van der Waals surface area contributed by atoms with E-state index in [1.165, 1.54) is 23.1 Å². The Hall–Kier alpha value is -1.23. The first-order chi connectivity index (χ1) is 8.00. The Kier molecular flexibility index (Phi) is 3.28. The number of likely N-dealkylation sites (tertiary alicyclic amines) is 1. The summed E-state index contributed by atoms with van der Waals surface area (Å²) < 4.78 is 13.4. The normalized spacial score (nSPS) is 19.8. The SMILES string of the molecule is CC1CC(=O)N(C(=O)c2cccc(F)c2Br)C1. The second-order valence-electron chi connectivity index (χ2n) is 4.22. The molecule has 90 valence electrons. The van der Waals surface area contributed by atoms with Gasteiger partial charge in [0.2, 0.25) is 5.91 Å². The lowest BCUT2D eigenvalue weighted by Crippen LogP contribution is -2.32. The van der Waals surface area contributed by atoms with Gasteiger partial charge < -0.3 is 0 Å². The second-order valence-corrected chi connectivity index (χ2v) is 5.01. The Labute approximate surface area is 107 Å². The molecule has 3 nitrogen and oxygen atoms in total. The molecule has 17 heavy (non-hydrogen) atoms. The Morgan fingerprint density at radius 3 is 2.82 bits per heavy atom. The lowest BCUT2D eigenvalue weighted by atomic mass is 10.1. The number of nitrogens with zero attached hydrogens (tertiary/aromatic N) is 1. The van der Waals surface area contributed by atoms with Gasteiger partial charge in [-0.3, -0.25) is 14.5 Å². The van der Waals surface area contributed by atoms with Crippen molar-refractivity contribution in [1.29, 1.82) is 0 Å². The molecule has 1 atom stereocenters. The van der Waals surface area contributed by atoms with Crippen LogP contribution in [0.15, 0.2) is 22.7 Å². The lowest BCUT2D eigenvalue weighted by molar-refractivity contribution is -0.125. The minimum atomic E-state index is -0.504. The summed E-state index contributed by atoms with van der Waals surface area (Å²) in [4.78, 5) is 24.9. The number of carbonyl (C=O) groups is 2. The van der Waals surface area contributed by atoms with Crippen LogP contribution in [0, 0.1) is 11.7 Å². The fourth-order valence-electron chi connectivity index (χ4n) is 1.90. The van der Waals surface area contributed by atoms with Crippen molar-refractivity contribution in [2.75, 3.05) is 6.54 Å². The van der Waals surface area contributed by atoms with E-state index in [0.717, 1.165) is 0 Å². The summed E-state index contributed by atoms with van der Waals surface area (Å²) >= 11 is 3.03. The maximum absolute atomic E-state index is 13.3. The average molecular weight is 300 g/mol. The quantitative estimate of drug-likeness (QED) is 0.748. The van der Waals surface area contributed by atoms with Crippen LogP contribution < -0.4 is 0 Å². The molecule has 0 aromatic heterocycles. The summed E-state index contributed by atoms with van der Waals surface area (Å²) in [5.74, 6) is -0.973. The molecule has 2 amide bonds. The van der Waals surface area contributed by atoms with Gasteiger partial charge in [-0.25, -0.2) is 4.39 Å². The van der Waals surface area contributed by atoms with E-state index in [4.69, 9.17) is 0 Å². The molecule has 0 bridgehead atoms. The van der Waals surface area contributed by atoms with Crippen molar-refractivity contribution in [3.05, 3.63) is 34.1 Å². The Bertz CT molecular complexity index is 489. The number of amides is 2. The Morgan fingerprint density at radius 1 is 1.53 bits per heavy atom. The fraction of sp³-hybridized carbons (Fsp3) is 0.333. The molecule has 1 aliphatic rings. The molecule has 0 aliphatic carbocycles. The van der Waals surface area contributed by atoms with Crippen molar-refractivity contribution in [2.45, 2.75) is 13.3 Å². The van der Waals surface area contributed by atoms with Crippen LogP contribution in [0.4, 0.5) is 4.39 Å². The summed E-state index contributed by atoms with van der Waals surface area (Å²) in [5.41, 5.74) is 0.187. The first-order valence-corrected chi connectivity index (χ1v) is 6.08. The highest BCUT2D eigenvalue weighted by atomic mass is 79.9. The predicted molar refractivity (Wildman–Crippen MR) is 63.9 cm³/mol. The van der Waals surface area contributed by atoms with E-state index in [1.807, 2.05) is 6.92 Å². The molecule has 1 heterocycles. The van der Waals surface area contributed by atoms with Crippen LogP contribution in [0.1, 0.15) is 23.7 Å². The third-order valence-corrected chi connectivity index (χ3v) is 3.55. The van der Waals surface area contributed by atoms with Crippen molar-refractivity contribution in [3.8, 4) is 0 Å². The van der Waals surface area contributed by atoms with Crippen LogP contribution >= 0.6 is 15.9 Å². The van der Waals surface area contributed by atoms with E-state index in [9.17, 15) is 14.0 Å². The van der Waals surface area contributed by atoms with Crippen LogP contribution in [-0.2, 0) is 4.79 Å². The largest absolute Gasteiger partial charge is 0.278 e. The lowest BCUT2D eigenvalue weighted by Gasteiger charge is -2.15. The van der Waals surface area contributed by atoms with Crippen molar-refractivity contribution >= 4 is 27.7 Å². The van der Waals surface area contributed by atoms with Gasteiger partial charge in [-0.2, -0.15) is 0 Å². The first-order valence-electron chi connectivity index (χ1n) is 5.29. The van der Waals surface area contributed by atoms with Crippen molar-refractivity contribution < 1.29 is 14.0 Å². The van der Waals surface area contributed by atoms with Gasteiger partial charge in [0.25, 0.3) is 5.91 Å². The van der Waals surface area contributed by atoms with Crippen LogP contribution in [-0.4, -0.2) is 23.3 Å². The standard InChI is InChI=1S/C12H11BrFNO2/c1-7-5-10(16)15(6-7)12(17)8-3-2-4-9(14)11(8)13/h2-4,7H,5-6H2,1H3. The maximum atomic E-state index is 13.3. The molecule has 2 rings (SSSR count). The zero-order valence-corrected chi connectivity index (χ0v) is 10.8. The molecule has 1 fully saturated rings. The molecule has 0 saturated carbocycles. The summed E-state index contributed by atoms with van der Waals surface area (Å²) in [6.07, 6.45) is 0.374. The van der Waals surface area contributed by atoms with Crippen molar-refractivity contribution in [2.24, 2.45) is 5.92 Å². The molecule has 0 N–H and O–H groups in total. The monoisotopic (exact) mass is 299 g/mol. The molecule has 1 aromatic carbocycles. The van der Waals surface area contributed by atoms with Crippen LogP contribution in [0.3, 0.4) is 0 Å². The van der Waals surface area contributed by atoms with Crippen LogP contribution in [0.2, 0.25) is 0 Å². The minimum absolute atomic E-state index is 0.109. The van der Waals surface area contributed by atoms with Gasteiger partial charge in [-0.1, -0.05) is 13.0 Å². The highest BCUT2D eigenvalue weighted by Crippen LogP contribution is 2.25. The zero-order chi connectivity index (χ0) is 12.6. The van der Waals surface area contributed by atoms with Gasteiger partial charge >= 0.3 is 0 Å². The van der Waals surface area contributed by atoms with E-state index in [0.29, 0.717) is 13.0 Å². The Balaban J connectivity index is 2.32. The molecule has 1 unspecified atom stereocenters. The smallest absolute Gasteiger partial charge is 0.261 e. The molecule has 1 saturated heterocycles. The average Bonchev–Trinajstić information content (AvgIpc) is 2.61. The highest BCUT2D eigenvalue weighted by Gasteiger charge is 2.32. The third-order valence-electron chi connectivity index (χ3n) is 2.75. The molecule has 1 aromatic rings. The van der Waals surface area contributed by atoms with Gasteiger partial charge in [0.15, 0.2) is 0 Å². The van der Waals surface area contributed by atoms with E-state index >= 15 is 0 Å². The van der Waals surface area contributed by atoms with Crippen molar-refractivity contribution in [3.63, 3.8) is 0 Å². The van der Waals surface area contributed by atoms with Gasteiger partial charge in [-0.15, -0.1) is 0 Å². The van der Waals surface area contributed by atoms with Gasteiger partial charge in [-0.05, 0) is 34.0 Å². The molecule has 5 heteroatoms. The van der Waals surface area contributed by atoms with Crippen molar-refractivity contribution in [1.82, 2.24) is 4.90 Å². The van der Waals surface area contributed by atoms with E-state index in [1.54, 1.807) is 0 Å². The number of imide groups is 1. The number of hydrogen-bond acceptors (Lipinski definition) is 2. The first kappa shape index (κ1) is 12.2. The van der Waals surface area contributed by atoms with Gasteiger partial charge in [0.05, 0.1) is 10.0 Å². The maximum Gasteiger partial charge on any atom is 0.261 e. The molecule has 1 aliphatic heterocycles. The summed E-state index contributed by atoms with van der Waals surface area (Å²) in [6, 6.07) is 4.22. The number of hydrogen-bond donors (Lipinski definition) is 0. The number of carbonyl (C=O) groups excluding carboxylic acids is 2. The topological polar surface area (TPSA) is 37.4 Å². The van der Waals surface area contributed by atoms with E-state index < -0.39 is 11.7 Å². The van der Waals surface area contributed by atoms with E-state index in [2.05, 4.69) is 15.9 Å². The second kappa shape index (κ2) is 4.56. The summed E-state index contributed by atoms with van der Waals surface area (Å²) in [6.45, 7) is 2.31. The highest BCUT2D eigenvalue weighted by molar-refractivity contribution is 9.10. The zero-order valence-electron chi connectivity index (χ0n) is 9.24. The molecular formula is C12H11BrFNO2. The van der Waals surface area contributed by atoms with Gasteiger partial charge in [0.1, 0.15) is 5.82 Å². The Morgan fingerprint density at radius 2 is 2.24 bits per heavy atom. The number of benzene rings is 1. The fourth-order valence-corrected chi connectivity index (χ4v) is 2.33. The number of halogens is 2. The summed E-state index contributed by atoms with van der Waals surface area (Å²) in [5, 5.41) is 0. The van der Waals surface area contributed by atoms with Gasteiger partial charge in [0, 0.05) is 13.0 Å². The number of rotatable bonds is 1. The summed E-state index contributed by atoms with van der Waals surface area (Å²) in [7, 11) is 0. The van der Waals surface area contributed by atoms with Crippen LogP contribution in [0.25, 0.3) is 0 Å². The third kappa shape index (κ3) is 2.24. The van der Waals surface area contributed by atoms with E-state index in [-0.39, 0.29) is 21.9 Å². The molecule has 0 spiro atoms.